The van der Waals surface area contributed by atoms with E-state index in [1.54, 1.807) is 16.8 Å². The molecule has 1 aromatic heterocycles. The third kappa shape index (κ3) is 3.91. The van der Waals surface area contributed by atoms with E-state index >= 15 is 0 Å². The molecule has 1 aromatic carbocycles. The highest BCUT2D eigenvalue weighted by Crippen LogP contribution is 2.17. The van der Waals surface area contributed by atoms with Gasteiger partial charge in [0.2, 0.25) is 5.91 Å². The fourth-order valence-electron chi connectivity index (χ4n) is 2.93. The molecule has 7 heteroatoms. The Balaban J connectivity index is 1.49. The van der Waals surface area contributed by atoms with Crippen molar-refractivity contribution in [2.75, 3.05) is 42.9 Å². The number of nitrogens with zero attached hydrogens (tertiary/aromatic N) is 4. The smallest absolute Gasteiger partial charge is 0.239 e. The lowest BCUT2D eigenvalue weighted by atomic mass is 10.2. The molecular formula is C17H22FN5O. The molecule has 1 aliphatic heterocycles. The second-order valence-corrected chi connectivity index (χ2v) is 6.08. The van der Waals surface area contributed by atoms with Gasteiger partial charge in [0, 0.05) is 45.0 Å². The van der Waals surface area contributed by atoms with Gasteiger partial charge < -0.3 is 10.2 Å². The average molecular weight is 331 g/mol. The van der Waals surface area contributed by atoms with E-state index in [0.29, 0.717) is 12.4 Å². The standard InChI is InChI=1S/C17H22FN5O/c1-13-11-16(21(2)20-13)19-17(24)12-22-7-9-23(10-8-22)15-5-3-14(18)4-6-15/h3-6,11H,7-10,12H2,1-2H3,(H,19,24). The zero-order valence-corrected chi connectivity index (χ0v) is 14.0. The summed E-state index contributed by atoms with van der Waals surface area (Å²) in [6, 6.07) is 8.39. The van der Waals surface area contributed by atoms with E-state index in [2.05, 4.69) is 20.2 Å². The third-order valence-electron chi connectivity index (χ3n) is 4.20. The second kappa shape index (κ2) is 7.00. The van der Waals surface area contributed by atoms with Crippen molar-refractivity contribution in [2.45, 2.75) is 6.92 Å². The van der Waals surface area contributed by atoms with Crippen LogP contribution in [0.25, 0.3) is 0 Å². The SMILES string of the molecule is Cc1cc(NC(=O)CN2CCN(c3ccc(F)cc3)CC2)n(C)n1. The zero-order chi connectivity index (χ0) is 17.1. The van der Waals surface area contributed by atoms with Crippen LogP contribution in [0.2, 0.25) is 0 Å². The molecule has 2 heterocycles. The van der Waals surface area contributed by atoms with E-state index in [-0.39, 0.29) is 11.7 Å². The Labute approximate surface area is 140 Å². The van der Waals surface area contributed by atoms with E-state index in [0.717, 1.165) is 37.6 Å². The molecule has 1 saturated heterocycles. The van der Waals surface area contributed by atoms with Gasteiger partial charge >= 0.3 is 0 Å². The van der Waals surface area contributed by atoms with Gasteiger partial charge in [0.05, 0.1) is 12.2 Å². The van der Waals surface area contributed by atoms with Crippen LogP contribution in [0.5, 0.6) is 0 Å². The normalized spacial score (nSPS) is 15.5. The van der Waals surface area contributed by atoms with Gasteiger partial charge in [0.25, 0.3) is 0 Å². The Hall–Kier alpha value is -2.41. The van der Waals surface area contributed by atoms with Crippen molar-refractivity contribution in [3.8, 4) is 0 Å². The minimum Gasteiger partial charge on any atom is -0.369 e. The molecule has 3 rings (SSSR count). The summed E-state index contributed by atoms with van der Waals surface area (Å²) < 4.78 is 14.7. The molecule has 0 bridgehead atoms. The molecular weight excluding hydrogens is 309 g/mol. The number of hydrogen-bond donors (Lipinski definition) is 1. The zero-order valence-electron chi connectivity index (χ0n) is 14.0. The maximum absolute atomic E-state index is 13.0. The first kappa shape index (κ1) is 16.4. The van der Waals surface area contributed by atoms with Crippen molar-refractivity contribution in [3.05, 3.63) is 41.8 Å². The molecule has 0 saturated carbocycles. The lowest BCUT2D eigenvalue weighted by molar-refractivity contribution is -0.117. The highest BCUT2D eigenvalue weighted by atomic mass is 19.1. The molecule has 0 unspecified atom stereocenters. The van der Waals surface area contributed by atoms with Crippen LogP contribution >= 0.6 is 0 Å². The van der Waals surface area contributed by atoms with Gasteiger partial charge in [0.1, 0.15) is 11.6 Å². The topological polar surface area (TPSA) is 53.4 Å². The summed E-state index contributed by atoms with van der Waals surface area (Å²) in [7, 11) is 1.81. The van der Waals surface area contributed by atoms with E-state index in [4.69, 9.17) is 0 Å². The Bertz CT molecular complexity index is 704. The molecule has 0 spiro atoms. The molecule has 1 fully saturated rings. The van der Waals surface area contributed by atoms with Crippen molar-refractivity contribution in [1.82, 2.24) is 14.7 Å². The number of carbonyl (C=O) groups is 1. The van der Waals surface area contributed by atoms with E-state index in [9.17, 15) is 9.18 Å². The molecule has 1 aliphatic rings. The van der Waals surface area contributed by atoms with Crippen molar-refractivity contribution in [2.24, 2.45) is 7.05 Å². The number of halogens is 1. The molecule has 0 aliphatic carbocycles. The summed E-state index contributed by atoms with van der Waals surface area (Å²) in [6.45, 7) is 5.50. The number of amides is 1. The lowest BCUT2D eigenvalue weighted by Crippen LogP contribution is -2.48. The van der Waals surface area contributed by atoms with Gasteiger partial charge in [-0.25, -0.2) is 4.39 Å². The van der Waals surface area contributed by atoms with E-state index in [1.165, 1.54) is 12.1 Å². The number of hydrogen-bond acceptors (Lipinski definition) is 4. The number of aryl methyl sites for hydroxylation is 2. The summed E-state index contributed by atoms with van der Waals surface area (Å²) in [4.78, 5) is 16.5. The monoisotopic (exact) mass is 331 g/mol. The van der Waals surface area contributed by atoms with Gasteiger partial charge in [-0.1, -0.05) is 0 Å². The summed E-state index contributed by atoms with van der Waals surface area (Å²) in [5, 5.41) is 7.11. The van der Waals surface area contributed by atoms with Crippen LogP contribution < -0.4 is 10.2 Å². The first-order chi connectivity index (χ1) is 11.5. The average Bonchev–Trinajstić information content (AvgIpc) is 2.86. The number of rotatable bonds is 4. The highest BCUT2D eigenvalue weighted by molar-refractivity contribution is 5.91. The van der Waals surface area contributed by atoms with Crippen molar-refractivity contribution in [1.29, 1.82) is 0 Å². The largest absolute Gasteiger partial charge is 0.369 e. The molecule has 24 heavy (non-hydrogen) atoms. The van der Waals surface area contributed by atoms with Crippen LogP contribution in [0, 0.1) is 12.7 Å². The number of carbonyl (C=O) groups excluding carboxylic acids is 1. The maximum Gasteiger partial charge on any atom is 0.239 e. The quantitative estimate of drug-likeness (QED) is 0.925. The Morgan fingerprint density at radius 2 is 1.88 bits per heavy atom. The van der Waals surface area contributed by atoms with Crippen molar-refractivity contribution < 1.29 is 9.18 Å². The molecule has 0 atom stereocenters. The number of benzene rings is 1. The Morgan fingerprint density at radius 1 is 1.21 bits per heavy atom. The molecule has 128 valence electrons. The van der Waals surface area contributed by atoms with Crippen molar-refractivity contribution >= 4 is 17.4 Å². The van der Waals surface area contributed by atoms with Crippen LogP contribution in [0.15, 0.2) is 30.3 Å². The Morgan fingerprint density at radius 3 is 2.46 bits per heavy atom. The minimum atomic E-state index is -0.223. The first-order valence-corrected chi connectivity index (χ1v) is 8.04. The van der Waals surface area contributed by atoms with E-state index < -0.39 is 0 Å². The van der Waals surface area contributed by atoms with Crippen LogP contribution in [0.1, 0.15) is 5.69 Å². The fourth-order valence-corrected chi connectivity index (χ4v) is 2.93. The molecule has 6 nitrogen and oxygen atoms in total. The van der Waals surface area contributed by atoms with Gasteiger partial charge in [-0.15, -0.1) is 0 Å². The van der Waals surface area contributed by atoms with Crippen LogP contribution in [0.3, 0.4) is 0 Å². The van der Waals surface area contributed by atoms with Crippen molar-refractivity contribution in [3.63, 3.8) is 0 Å². The van der Waals surface area contributed by atoms with Gasteiger partial charge in [-0.05, 0) is 31.2 Å². The van der Waals surface area contributed by atoms with E-state index in [1.807, 2.05) is 20.0 Å². The first-order valence-electron chi connectivity index (χ1n) is 8.04. The lowest BCUT2D eigenvalue weighted by Gasteiger charge is -2.35. The summed E-state index contributed by atoms with van der Waals surface area (Å²) in [5.41, 5.74) is 1.89. The minimum absolute atomic E-state index is 0.0340. The van der Waals surface area contributed by atoms with Crippen LogP contribution in [-0.4, -0.2) is 53.3 Å². The van der Waals surface area contributed by atoms with Gasteiger partial charge in [0.15, 0.2) is 0 Å². The predicted octanol–water partition coefficient (Wildman–Crippen LogP) is 1.63. The Kier molecular flexibility index (Phi) is 4.80. The second-order valence-electron chi connectivity index (χ2n) is 6.08. The third-order valence-corrected chi connectivity index (χ3v) is 4.20. The number of aromatic nitrogens is 2. The maximum atomic E-state index is 13.0. The van der Waals surface area contributed by atoms with Crippen LogP contribution in [0.4, 0.5) is 15.9 Å². The number of piperazine rings is 1. The summed E-state index contributed by atoms with van der Waals surface area (Å²) in [5.74, 6) is 0.454. The summed E-state index contributed by atoms with van der Waals surface area (Å²) >= 11 is 0. The predicted molar refractivity (Wildman–Crippen MR) is 91.6 cm³/mol. The molecule has 1 N–H and O–H groups in total. The van der Waals surface area contributed by atoms with Gasteiger partial charge in [-0.3, -0.25) is 14.4 Å². The highest BCUT2D eigenvalue weighted by Gasteiger charge is 2.19. The van der Waals surface area contributed by atoms with Gasteiger partial charge in [-0.2, -0.15) is 5.10 Å². The number of anilines is 2. The molecule has 1 amide bonds. The molecule has 0 radical (unpaired) electrons. The fraction of sp³-hybridized carbons (Fsp3) is 0.412. The molecule has 2 aromatic rings. The number of nitrogens with one attached hydrogen (secondary N) is 1. The van der Waals surface area contributed by atoms with Crippen LogP contribution in [-0.2, 0) is 11.8 Å². The summed E-state index contributed by atoms with van der Waals surface area (Å²) in [6.07, 6.45) is 0.